The van der Waals surface area contributed by atoms with Crippen molar-refractivity contribution in [1.82, 2.24) is 4.90 Å². The first-order valence-electron chi connectivity index (χ1n) is 3.54. The number of carbonyl (C=O) groups excluding carboxylic acids is 1. The number of amides is 1. The van der Waals surface area contributed by atoms with Gasteiger partial charge in [-0.05, 0) is 0 Å². The van der Waals surface area contributed by atoms with E-state index in [1.165, 1.54) is 0 Å². The molecule has 0 saturated carbocycles. The molecule has 0 bridgehead atoms. The van der Waals surface area contributed by atoms with Gasteiger partial charge in [-0.2, -0.15) is 0 Å². The highest BCUT2D eigenvalue weighted by molar-refractivity contribution is 5.77. The summed E-state index contributed by atoms with van der Waals surface area (Å²) in [6.45, 7) is 4.96. The molecule has 0 aliphatic carbocycles. The molecule has 0 radical (unpaired) electrons. The van der Waals surface area contributed by atoms with Crippen molar-refractivity contribution in [3.05, 3.63) is 0 Å². The van der Waals surface area contributed by atoms with Gasteiger partial charge in [0.25, 0.3) is 0 Å². The molecule has 3 heteroatoms. The van der Waals surface area contributed by atoms with Crippen molar-refractivity contribution in [3.8, 4) is 0 Å². The quantitative estimate of drug-likeness (QED) is 0.608. The van der Waals surface area contributed by atoms with Crippen molar-refractivity contribution < 1.29 is 4.79 Å². The maximum Gasteiger partial charge on any atom is 0.224 e. The van der Waals surface area contributed by atoms with Crippen LogP contribution in [-0.2, 0) is 4.79 Å². The van der Waals surface area contributed by atoms with Crippen molar-refractivity contribution in [3.63, 3.8) is 0 Å². The third-order valence-electron chi connectivity index (χ3n) is 1.33. The fourth-order valence-corrected chi connectivity index (χ4v) is 0.745. The second-order valence-corrected chi connectivity index (χ2v) is 2.70. The van der Waals surface area contributed by atoms with E-state index in [0.717, 1.165) is 0 Å². The topological polar surface area (TPSA) is 46.3 Å². The Labute approximate surface area is 62.2 Å². The molecule has 0 aromatic carbocycles. The van der Waals surface area contributed by atoms with Gasteiger partial charge in [0.1, 0.15) is 0 Å². The van der Waals surface area contributed by atoms with Gasteiger partial charge in [0.05, 0.1) is 0 Å². The second kappa shape index (κ2) is 4.28. The zero-order chi connectivity index (χ0) is 8.15. The van der Waals surface area contributed by atoms with Gasteiger partial charge in [-0.15, -0.1) is 0 Å². The predicted molar refractivity (Wildman–Crippen MR) is 41.5 cm³/mol. The van der Waals surface area contributed by atoms with Crippen molar-refractivity contribution in [2.75, 3.05) is 20.1 Å². The molecule has 1 amide bonds. The molecule has 60 valence electrons. The summed E-state index contributed by atoms with van der Waals surface area (Å²) in [5.41, 5.74) is 5.27. The number of rotatable bonds is 3. The zero-order valence-corrected chi connectivity index (χ0v) is 6.92. The number of hydrogen-bond acceptors (Lipinski definition) is 2. The Kier molecular flexibility index (Phi) is 4.03. The van der Waals surface area contributed by atoms with Gasteiger partial charge >= 0.3 is 0 Å². The Morgan fingerprint density at radius 2 is 2.10 bits per heavy atom. The number of hydrogen-bond donors (Lipinski definition) is 1. The highest BCUT2D eigenvalue weighted by atomic mass is 16.2. The van der Waals surface area contributed by atoms with Crippen molar-refractivity contribution in [1.29, 1.82) is 0 Å². The third-order valence-corrected chi connectivity index (χ3v) is 1.33. The van der Waals surface area contributed by atoms with Gasteiger partial charge in [0.15, 0.2) is 0 Å². The summed E-state index contributed by atoms with van der Waals surface area (Å²) in [5.74, 6) is 0.238. The van der Waals surface area contributed by atoms with Gasteiger partial charge in [-0.3, -0.25) is 4.79 Å². The first kappa shape index (κ1) is 9.43. The van der Waals surface area contributed by atoms with E-state index in [2.05, 4.69) is 0 Å². The monoisotopic (exact) mass is 144 g/mol. The molecule has 0 aliphatic heterocycles. The van der Waals surface area contributed by atoms with Crippen molar-refractivity contribution >= 4 is 5.91 Å². The van der Waals surface area contributed by atoms with E-state index in [1.54, 1.807) is 11.9 Å². The van der Waals surface area contributed by atoms with E-state index >= 15 is 0 Å². The zero-order valence-electron chi connectivity index (χ0n) is 6.92. The lowest BCUT2D eigenvalue weighted by atomic mass is 10.2. The highest BCUT2D eigenvalue weighted by Gasteiger charge is 2.10. The van der Waals surface area contributed by atoms with Gasteiger partial charge in [-0.1, -0.05) is 13.8 Å². The van der Waals surface area contributed by atoms with Crippen LogP contribution in [0, 0.1) is 5.92 Å². The number of likely N-dealkylation sites (N-methyl/N-ethyl adjacent to an activating group) is 1. The molecule has 2 N–H and O–H groups in total. The van der Waals surface area contributed by atoms with Gasteiger partial charge in [0.2, 0.25) is 5.91 Å². The molecular weight excluding hydrogens is 128 g/mol. The Hall–Kier alpha value is -0.570. The molecule has 0 aromatic heterocycles. The molecule has 3 nitrogen and oxygen atoms in total. The van der Waals surface area contributed by atoms with Gasteiger partial charge in [0, 0.05) is 26.1 Å². The number of nitrogens with two attached hydrogens (primary N) is 1. The first-order valence-corrected chi connectivity index (χ1v) is 3.54. The summed E-state index contributed by atoms with van der Waals surface area (Å²) in [6, 6.07) is 0. The molecule has 0 heterocycles. The fraction of sp³-hybridized carbons (Fsp3) is 0.857. The lowest BCUT2D eigenvalue weighted by molar-refractivity contribution is -0.132. The van der Waals surface area contributed by atoms with Crippen LogP contribution in [0.15, 0.2) is 0 Å². The number of carbonyl (C=O) groups is 1. The molecule has 0 fully saturated rings. The van der Waals surface area contributed by atoms with Crippen LogP contribution in [0.2, 0.25) is 0 Å². The normalized spacial score (nSPS) is 10.1. The molecule has 10 heavy (non-hydrogen) atoms. The van der Waals surface area contributed by atoms with E-state index in [-0.39, 0.29) is 11.8 Å². The van der Waals surface area contributed by atoms with Gasteiger partial charge < -0.3 is 10.6 Å². The maximum atomic E-state index is 11.1. The highest BCUT2D eigenvalue weighted by Crippen LogP contribution is 1.96. The summed E-state index contributed by atoms with van der Waals surface area (Å²) < 4.78 is 0. The predicted octanol–water partition coefficient (Wildman–Crippen LogP) is 0.0595. The Bertz CT molecular complexity index is 112. The van der Waals surface area contributed by atoms with Crippen LogP contribution >= 0.6 is 0 Å². The Morgan fingerprint density at radius 3 is 2.40 bits per heavy atom. The lowest BCUT2D eigenvalue weighted by Crippen LogP contribution is -2.34. The lowest BCUT2D eigenvalue weighted by Gasteiger charge is -2.17. The summed E-state index contributed by atoms with van der Waals surface area (Å²) in [7, 11) is 1.77. The Balaban J connectivity index is 3.71. The second-order valence-electron chi connectivity index (χ2n) is 2.70. The molecule has 0 spiro atoms. The minimum absolute atomic E-state index is 0.0801. The van der Waals surface area contributed by atoms with Crippen LogP contribution in [0.3, 0.4) is 0 Å². The first-order chi connectivity index (χ1) is 4.59. The average molecular weight is 144 g/mol. The molecule has 0 atom stereocenters. The third kappa shape index (κ3) is 2.82. The summed E-state index contributed by atoms with van der Waals surface area (Å²) in [4.78, 5) is 12.8. The van der Waals surface area contributed by atoms with Crippen LogP contribution in [0.25, 0.3) is 0 Å². The molecule has 0 aromatic rings. The minimum Gasteiger partial charge on any atom is -0.344 e. The van der Waals surface area contributed by atoms with Crippen molar-refractivity contribution in [2.24, 2.45) is 11.7 Å². The van der Waals surface area contributed by atoms with Crippen LogP contribution in [0.1, 0.15) is 13.8 Å². The van der Waals surface area contributed by atoms with Crippen LogP contribution < -0.4 is 5.73 Å². The van der Waals surface area contributed by atoms with Crippen molar-refractivity contribution in [2.45, 2.75) is 13.8 Å². The summed E-state index contributed by atoms with van der Waals surface area (Å²) >= 11 is 0. The van der Waals surface area contributed by atoms with Crippen LogP contribution in [0.5, 0.6) is 0 Å². The van der Waals surface area contributed by atoms with Crippen LogP contribution in [-0.4, -0.2) is 30.9 Å². The largest absolute Gasteiger partial charge is 0.344 e. The minimum atomic E-state index is 0.0801. The summed E-state index contributed by atoms with van der Waals surface area (Å²) in [6.07, 6.45) is 0. The smallest absolute Gasteiger partial charge is 0.224 e. The average Bonchev–Trinajstić information content (AvgIpc) is 1.87. The van der Waals surface area contributed by atoms with E-state index in [0.29, 0.717) is 13.1 Å². The molecular formula is C7H16N2O. The SMILES string of the molecule is CC(C)C(=O)N(C)CCN. The molecule has 0 aliphatic rings. The maximum absolute atomic E-state index is 11.1. The fourth-order valence-electron chi connectivity index (χ4n) is 0.745. The van der Waals surface area contributed by atoms with E-state index in [1.807, 2.05) is 13.8 Å². The van der Waals surface area contributed by atoms with Gasteiger partial charge in [-0.25, -0.2) is 0 Å². The standard InChI is InChI=1S/C7H16N2O/c1-6(2)7(10)9(3)5-4-8/h6H,4-5,8H2,1-3H3. The van der Waals surface area contributed by atoms with E-state index in [9.17, 15) is 4.79 Å². The van der Waals surface area contributed by atoms with Crippen LogP contribution in [0.4, 0.5) is 0 Å². The number of nitrogens with zero attached hydrogens (tertiary/aromatic N) is 1. The summed E-state index contributed by atoms with van der Waals surface area (Å²) in [5, 5.41) is 0. The molecule has 0 unspecified atom stereocenters. The van der Waals surface area contributed by atoms with E-state index in [4.69, 9.17) is 5.73 Å². The molecule has 0 rings (SSSR count). The molecule has 0 saturated heterocycles. The Morgan fingerprint density at radius 1 is 1.60 bits per heavy atom. The van der Waals surface area contributed by atoms with E-state index < -0.39 is 0 Å².